The average molecular weight is 343 g/mol. The van der Waals surface area contributed by atoms with E-state index in [1.807, 2.05) is 28.8 Å². The molecule has 1 saturated heterocycles. The van der Waals surface area contributed by atoms with Crippen LogP contribution in [0.1, 0.15) is 0 Å². The van der Waals surface area contributed by atoms with Crippen LogP contribution in [0.15, 0.2) is 48.9 Å². The van der Waals surface area contributed by atoms with Gasteiger partial charge in [0.2, 0.25) is 11.8 Å². The SMILES string of the molecule is O=C(Cn1cnc2ccccc21)N1CC(Oc2ccc(Cl)cn2)C1. The van der Waals surface area contributed by atoms with Gasteiger partial charge >= 0.3 is 0 Å². The molecule has 1 aliphatic heterocycles. The highest BCUT2D eigenvalue weighted by molar-refractivity contribution is 6.30. The maximum Gasteiger partial charge on any atom is 0.242 e. The predicted octanol–water partition coefficient (Wildman–Crippen LogP) is 2.37. The molecule has 24 heavy (non-hydrogen) atoms. The Hall–Kier alpha value is -2.60. The summed E-state index contributed by atoms with van der Waals surface area (Å²) in [4.78, 5) is 22.5. The normalized spacial score (nSPS) is 14.6. The van der Waals surface area contributed by atoms with Gasteiger partial charge in [-0.15, -0.1) is 0 Å². The van der Waals surface area contributed by atoms with Gasteiger partial charge in [-0.2, -0.15) is 0 Å². The van der Waals surface area contributed by atoms with E-state index in [0.717, 1.165) is 11.0 Å². The summed E-state index contributed by atoms with van der Waals surface area (Å²) in [5.41, 5.74) is 1.86. The van der Waals surface area contributed by atoms with Crippen LogP contribution in [0.3, 0.4) is 0 Å². The lowest BCUT2D eigenvalue weighted by Crippen LogP contribution is -2.56. The number of aromatic nitrogens is 3. The molecule has 6 nitrogen and oxygen atoms in total. The van der Waals surface area contributed by atoms with Crippen molar-refractivity contribution in [2.75, 3.05) is 13.1 Å². The number of pyridine rings is 1. The Morgan fingerprint density at radius 2 is 2.04 bits per heavy atom. The molecule has 122 valence electrons. The minimum atomic E-state index is -0.0258. The molecule has 0 aliphatic carbocycles. The first-order valence-corrected chi connectivity index (χ1v) is 8.03. The topological polar surface area (TPSA) is 60.2 Å². The molecule has 0 saturated carbocycles. The highest BCUT2D eigenvalue weighted by Gasteiger charge is 2.32. The number of imidazole rings is 1. The number of hydrogen-bond donors (Lipinski definition) is 0. The van der Waals surface area contributed by atoms with Crippen molar-refractivity contribution in [3.63, 3.8) is 0 Å². The fourth-order valence-corrected chi connectivity index (χ4v) is 2.81. The van der Waals surface area contributed by atoms with Crippen LogP contribution in [0.4, 0.5) is 0 Å². The molecule has 0 atom stereocenters. The molecule has 3 aromatic rings. The van der Waals surface area contributed by atoms with E-state index in [0.29, 0.717) is 24.0 Å². The third-order valence-corrected chi connectivity index (χ3v) is 4.24. The molecule has 0 radical (unpaired) electrons. The van der Waals surface area contributed by atoms with Gasteiger partial charge in [-0.25, -0.2) is 9.97 Å². The molecule has 0 spiro atoms. The van der Waals surface area contributed by atoms with E-state index in [9.17, 15) is 4.79 Å². The van der Waals surface area contributed by atoms with Crippen LogP contribution < -0.4 is 4.74 Å². The van der Waals surface area contributed by atoms with Crippen molar-refractivity contribution < 1.29 is 9.53 Å². The Morgan fingerprint density at radius 1 is 1.21 bits per heavy atom. The first-order chi connectivity index (χ1) is 11.7. The zero-order valence-electron chi connectivity index (χ0n) is 12.8. The number of carbonyl (C=O) groups is 1. The van der Waals surface area contributed by atoms with Crippen LogP contribution in [-0.2, 0) is 11.3 Å². The van der Waals surface area contributed by atoms with Gasteiger partial charge in [-0.3, -0.25) is 4.79 Å². The lowest BCUT2D eigenvalue weighted by Gasteiger charge is -2.38. The quantitative estimate of drug-likeness (QED) is 0.730. The average Bonchev–Trinajstić information content (AvgIpc) is 2.95. The Bertz CT molecular complexity index is 872. The van der Waals surface area contributed by atoms with E-state index < -0.39 is 0 Å². The van der Waals surface area contributed by atoms with Gasteiger partial charge < -0.3 is 14.2 Å². The van der Waals surface area contributed by atoms with Gasteiger partial charge in [-0.1, -0.05) is 23.7 Å². The first kappa shape index (κ1) is 15.0. The van der Waals surface area contributed by atoms with Crippen LogP contribution in [0, 0.1) is 0 Å². The van der Waals surface area contributed by atoms with Crippen LogP contribution >= 0.6 is 11.6 Å². The van der Waals surface area contributed by atoms with Crippen molar-refractivity contribution in [3.05, 3.63) is 53.9 Å². The van der Waals surface area contributed by atoms with Crippen molar-refractivity contribution in [3.8, 4) is 5.88 Å². The Morgan fingerprint density at radius 3 is 2.83 bits per heavy atom. The molecule has 4 rings (SSSR count). The smallest absolute Gasteiger partial charge is 0.242 e. The molecule has 1 amide bonds. The molecule has 1 aromatic carbocycles. The molecular weight excluding hydrogens is 328 g/mol. The number of nitrogens with zero attached hydrogens (tertiary/aromatic N) is 4. The zero-order chi connectivity index (χ0) is 16.5. The van der Waals surface area contributed by atoms with Crippen LogP contribution in [0.5, 0.6) is 5.88 Å². The summed E-state index contributed by atoms with van der Waals surface area (Å²) in [7, 11) is 0. The van der Waals surface area contributed by atoms with Gasteiger partial charge in [0.25, 0.3) is 0 Å². The summed E-state index contributed by atoms with van der Waals surface area (Å²) < 4.78 is 7.58. The number of likely N-dealkylation sites (tertiary alicyclic amines) is 1. The maximum absolute atomic E-state index is 12.4. The lowest BCUT2D eigenvalue weighted by atomic mass is 10.1. The van der Waals surface area contributed by atoms with Crippen LogP contribution in [0.2, 0.25) is 5.02 Å². The number of benzene rings is 1. The van der Waals surface area contributed by atoms with E-state index >= 15 is 0 Å². The van der Waals surface area contributed by atoms with Gasteiger partial charge in [0.15, 0.2) is 0 Å². The third-order valence-electron chi connectivity index (χ3n) is 4.02. The Labute approximate surface area is 143 Å². The summed E-state index contributed by atoms with van der Waals surface area (Å²) in [6, 6.07) is 11.2. The van der Waals surface area contributed by atoms with Crippen molar-refractivity contribution in [2.24, 2.45) is 0 Å². The van der Waals surface area contributed by atoms with Gasteiger partial charge in [0, 0.05) is 12.3 Å². The number of rotatable bonds is 4. The molecule has 1 aliphatic rings. The molecule has 1 fully saturated rings. The highest BCUT2D eigenvalue weighted by Crippen LogP contribution is 2.19. The van der Waals surface area contributed by atoms with E-state index in [1.54, 1.807) is 29.6 Å². The molecule has 0 bridgehead atoms. The minimum absolute atomic E-state index is 0.0258. The summed E-state index contributed by atoms with van der Waals surface area (Å²) in [5.74, 6) is 0.583. The molecule has 0 unspecified atom stereocenters. The standard InChI is InChI=1S/C17H15ClN4O2/c18-12-5-6-16(19-7-12)24-13-8-21(9-13)17(23)10-22-11-20-14-3-1-2-4-15(14)22/h1-7,11,13H,8-10H2. The second-order valence-electron chi connectivity index (χ2n) is 5.71. The van der Waals surface area contributed by atoms with E-state index in [4.69, 9.17) is 16.3 Å². The fourth-order valence-electron chi connectivity index (χ4n) is 2.70. The minimum Gasteiger partial charge on any atom is -0.471 e. The summed E-state index contributed by atoms with van der Waals surface area (Å²) in [5, 5.41) is 0.570. The third kappa shape index (κ3) is 2.92. The Kier molecular flexibility index (Phi) is 3.82. The molecule has 7 heteroatoms. The molecule has 2 aromatic heterocycles. The second-order valence-corrected chi connectivity index (χ2v) is 6.15. The van der Waals surface area contributed by atoms with Gasteiger partial charge in [-0.05, 0) is 18.2 Å². The van der Waals surface area contributed by atoms with E-state index in [1.165, 1.54) is 0 Å². The number of para-hydroxylation sites is 2. The number of hydrogen-bond acceptors (Lipinski definition) is 4. The van der Waals surface area contributed by atoms with Gasteiger partial charge in [0.1, 0.15) is 12.6 Å². The van der Waals surface area contributed by atoms with Crippen LogP contribution in [-0.4, -0.2) is 44.5 Å². The molecule has 0 N–H and O–H groups in total. The lowest BCUT2D eigenvalue weighted by molar-refractivity contribution is -0.140. The largest absolute Gasteiger partial charge is 0.471 e. The van der Waals surface area contributed by atoms with Crippen molar-refractivity contribution in [2.45, 2.75) is 12.6 Å². The summed E-state index contributed by atoms with van der Waals surface area (Å²) in [6.07, 6.45) is 3.22. The van der Waals surface area contributed by atoms with Crippen molar-refractivity contribution in [1.82, 2.24) is 19.4 Å². The summed E-state index contributed by atoms with van der Waals surface area (Å²) in [6.45, 7) is 1.41. The molecule has 3 heterocycles. The zero-order valence-corrected chi connectivity index (χ0v) is 13.6. The second kappa shape index (κ2) is 6.13. The highest BCUT2D eigenvalue weighted by atomic mass is 35.5. The van der Waals surface area contributed by atoms with Crippen molar-refractivity contribution >= 4 is 28.5 Å². The number of fused-ring (bicyclic) bond motifs is 1. The number of amides is 1. The predicted molar refractivity (Wildman–Crippen MR) is 90.0 cm³/mol. The fraction of sp³-hybridized carbons (Fsp3) is 0.235. The number of carbonyl (C=O) groups excluding carboxylic acids is 1. The monoisotopic (exact) mass is 342 g/mol. The number of ether oxygens (including phenoxy) is 1. The van der Waals surface area contributed by atoms with E-state index in [-0.39, 0.29) is 18.6 Å². The Balaban J connectivity index is 1.33. The van der Waals surface area contributed by atoms with Crippen LogP contribution in [0.25, 0.3) is 11.0 Å². The van der Waals surface area contributed by atoms with E-state index in [2.05, 4.69) is 9.97 Å². The maximum atomic E-state index is 12.4. The first-order valence-electron chi connectivity index (χ1n) is 7.65. The summed E-state index contributed by atoms with van der Waals surface area (Å²) >= 11 is 5.79. The van der Waals surface area contributed by atoms with Gasteiger partial charge in [0.05, 0.1) is 35.5 Å². The molecular formula is C17H15ClN4O2. The number of halogens is 1. The van der Waals surface area contributed by atoms with Crippen molar-refractivity contribution in [1.29, 1.82) is 0 Å².